The van der Waals surface area contributed by atoms with Crippen LogP contribution in [0.3, 0.4) is 0 Å². The minimum absolute atomic E-state index is 0.0805. The molecule has 0 unspecified atom stereocenters. The second-order valence-electron chi connectivity index (χ2n) is 3.88. The van der Waals surface area contributed by atoms with Crippen molar-refractivity contribution in [2.24, 2.45) is 0 Å². The fourth-order valence-corrected chi connectivity index (χ4v) is 1.59. The van der Waals surface area contributed by atoms with E-state index in [1.165, 1.54) is 24.3 Å². The van der Waals surface area contributed by atoms with Gasteiger partial charge in [-0.25, -0.2) is 8.78 Å². The van der Waals surface area contributed by atoms with Crippen LogP contribution in [-0.2, 0) is 0 Å². The summed E-state index contributed by atoms with van der Waals surface area (Å²) in [5.74, 6) is -0.125. The van der Waals surface area contributed by atoms with Gasteiger partial charge >= 0.3 is 0 Å². The summed E-state index contributed by atoms with van der Waals surface area (Å²) in [5, 5.41) is 19.8. The molecule has 0 atom stereocenters. The SMILES string of the molecule is O=[N+]([O-])c1ccc(Oc2cccc(O)c2)c(C(F)F)c1. The van der Waals surface area contributed by atoms with Gasteiger partial charge in [-0.3, -0.25) is 10.1 Å². The molecule has 0 aliphatic rings. The van der Waals surface area contributed by atoms with Crippen molar-refractivity contribution < 1.29 is 23.5 Å². The molecule has 2 aromatic carbocycles. The van der Waals surface area contributed by atoms with E-state index in [1.54, 1.807) is 0 Å². The first-order valence-corrected chi connectivity index (χ1v) is 5.51. The number of nitrogens with zero attached hydrogens (tertiary/aromatic N) is 1. The van der Waals surface area contributed by atoms with Crippen molar-refractivity contribution in [1.82, 2.24) is 0 Å². The standard InChI is InChI=1S/C13H9F2NO4/c14-13(15)11-6-8(16(18)19)4-5-12(11)20-10-3-1-2-9(17)7-10/h1-7,13,17H. The Balaban J connectivity index is 2.38. The van der Waals surface area contributed by atoms with Gasteiger partial charge in [-0.05, 0) is 18.2 Å². The van der Waals surface area contributed by atoms with E-state index in [1.807, 2.05) is 0 Å². The normalized spacial score (nSPS) is 10.6. The fraction of sp³-hybridized carbons (Fsp3) is 0.0769. The van der Waals surface area contributed by atoms with Gasteiger partial charge in [0.05, 0.1) is 10.5 Å². The molecule has 5 nitrogen and oxygen atoms in total. The molecule has 0 aliphatic heterocycles. The van der Waals surface area contributed by atoms with Crippen LogP contribution in [0, 0.1) is 10.1 Å². The Morgan fingerprint density at radius 3 is 2.55 bits per heavy atom. The second kappa shape index (κ2) is 5.52. The number of rotatable bonds is 4. The number of aromatic hydroxyl groups is 1. The quantitative estimate of drug-likeness (QED) is 0.678. The zero-order valence-electron chi connectivity index (χ0n) is 9.99. The molecule has 0 amide bonds. The molecule has 0 heterocycles. The monoisotopic (exact) mass is 281 g/mol. The van der Waals surface area contributed by atoms with Gasteiger partial charge in [0.1, 0.15) is 17.2 Å². The highest BCUT2D eigenvalue weighted by Gasteiger charge is 2.19. The van der Waals surface area contributed by atoms with E-state index in [9.17, 15) is 24.0 Å². The van der Waals surface area contributed by atoms with E-state index < -0.39 is 22.6 Å². The average molecular weight is 281 g/mol. The topological polar surface area (TPSA) is 72.6 Å². The molecule has 0 bridgehead atoms. The summed E-state index contributed by atoms with van der Waals surface area (Å²) >= 11 is 0. The number of halogens is 2. The van der Waals surface area contributed by atoms with Crippen LogP contribution in [0.5, 0.6) is 17.2 Å². The number of hydrogen-bond acceptors (Lipinski definition) is 4. The van der Waals surface area contributed by atoms with E-state index >= 15 is 0 Å². The number of nitro benzene ring substituents is 1. The smallest absolute Gasteiger partial charge is 0.270 e. The number of nitro groups is 1. The molecule has 0 aromatic heterocycles. The lowest BCUT2D eigenvalue weighted by Crippen LogP contribution is -1.95. The molecule has 2 rings (SSSR count). The highest BCUT2D eigenvalue weighted by atomic mass is 19.3. The molecule has 0 saturated heterocycles. The van der Waals surface area contributed by atoms with Crippen LogP contribution in [0.2, 0.25) is 0 Å². The van der Waals surface area contributed by atoms with Gasteiger partial charge in [0.25, 0.3) is 12.1 Å². The Bertz CT molecular complexity index is 646. The van der Waals surface area contributed by atoms with Crippen molar-refractivity contribution >= 4 is 5.69 Å². The number of ether oxygens (including phenoxy) is 1. The van der Waals surface area contributed by atoms with Gasteiger partial charge in [-0.1, -0.05) is 6.07 Å². The lowest BCUT2D eigenvalue weighted by atomic mass is 10.2. The summed E-state index contributed by atoms with van der Waals surface area (Å²) in [6.45, 7) is 0. The van der Waals surface area contributed by atoms with Crippen LogP contribution < -0.4 is 4.74 Å². The molecule has 2 aromatic rings. The second-order valence-corrected chi connectivity index (χ2v) is 3.88. The first kappa shape index (κ1) is 13.7. The Morgan fingerprint density at radius 1 is 1.20 bits per heavy atom. The maximum absolute atomic E-state index is 12.9. The average Bonchev–Trinajstić information content (AvgIpc) is 2.38. The molecule has 0 aliphatic carbocycles. The summed E-state index contributed by atoms with van der Waals surface area (Å²) in [6.07, 6.45) is -2.91. The van der Waals surface area contributed by atoms with E-state index in [0.29, 0.717) is 0 Å². The Morgan fingerprint density at radius 2 is 1.95 bits per heavy atom. The summed E-state index contributed by atoms with van der Waals surface area (Å²) in [7, 11) is 0. The van der Waals surface area contributed by atoms with Crippen LogP contribution in [0.25, 0.3) is 0 Å². The predicted octanol–water partition coefficient (Wildman–Crippen LogP) is 4.03. The number of alkyl halides is 2. The van der Waals surface area contributed by atoms with Crippen molar-refractivity contribution in [1.29, 1.82) is 0 Å². The summed E-state index contributed by atoms with van der Waals surface area (Å²) in [5.41, 5.74) is -1.02. The molecular formula is C13H9F2NO4. The number of benzene rings is 2. The largest absolute Gasteiger partial charge is 0.508 e. The molecule has 0 spiro atoms. The van der Waals surface area contributed by atoms with E-state index in [0.717, 1.165) is 18.2 Å². The van der Waals surface area contributed by atoms with Gasteiger partial charge in [0, 0.05) is 18.2 Å². The zero-order chi connectivity index (χ0) is 14.7. The fourth-order valence-electron chi connectivity index (χ4n) is 1.59. The van der Waals surface area contributed by atoms with Crippen molar-refractivity contribution in [3.8, 4) is 17.2 Å². The maximum atomic E-state index is 12.9. The van der Waals surface area contributed by atoms with Gasteiger partial charge in [-0.15, -0.1) is 0 Å². The Hall–Kier alpha value is -2.70. The van der Waals surface area contributed by atoms with Gasteiger partial charge < -0.3 is 9.84 Å². The van der Waals surface area contributed by atoms with Crippen molar-refractivity contribution in [2.75, 3.05) is 0 Å². The number of phenolic OH excluding ortho intramolecular Hbond substituents is 1. The molecular weight excluding hydrogens is 272 g/mol. The molecule has 1 N–H and O–H groups in total. The lowest BCUT2D eigenvalue weighted by Gasteiger charge is -2.10. The van der Waals surface area contributed by atoms with E-state index in [4.69, 9.17) is 4.74 Å². The van der Waals surface area contributed by atoms with Gasteiger partial charge in [-0.2, -0.15) is 0 Å². The summed E-state index contributed by atoms with van der Waals surface area (Å²) < 4.78 is 31.0. The molecule has 104 valence electrons. The van der Waals surface area contributed by atoms with E-state index in [-0.39, 0.29) is 17.2 Å². The minimum atomic E-state index is -2.91. The third kappa shape index (κ3) is 3.00. The van der Waals surface area contributed by atoms with Crippen LogP contribution in [0.4, 0.5) is 14.5 Å². The minimum Gasteiger partial charge on any atom is -0.508 e. The highest BCUT2D eigenvalue weighted by Crippen LogP contribution is 2.35. The van der Waals surface area contributed by atoms with Crippen LogP contribution in [-0.4, -0.2) is 10.0 Å². The third-order valence-corrected chi connectivity index (χ3v) is 2.48. The Kier molecular flexibility index (Phi) is 3.79. The van der Waals surface area contributed by atoms with Crippen LogP contribution in [0.1, 0.15) is 12.0 Å². The number of phenols is 1. The molecule has 0 fully saturated rings. The predicted molar refractivity (Wildman–Crippen MR) is 66.2 cm³/mol. The third-order valence-electron chi connectivity index (χ3n) is 2.48. The molecule has 7 heteroatoms. The van der Waals surface area contributed by atoms with Gasteiger partial charge in [0.2, 0.25) is 0 Å². The lowest BCUT2D eigenvalue weighted by molar-refractivity contribution is -0.385. The van der Waals surface area contributed by atoms with Crippen molar-refractivity contribution in [2.45, 2.75) is 6.43 Å². The van der Waals surface area contributed by atoms with Crippen molar-refractivity contribution in [3.63, 3.8) is 0 Å². The first-order chi connectivity index (χ1) is 9.47. The van der Waals surface area contributed by atoms with E-state index in [2.05, 4.69) is 0 Å². The summed E-state index contributed by atoms with van der Waals surface area (Å²) in [4.78, 5) is 9.82. The molecule has 20 heavy (non-hydrogen) atoms. The van der Waals surface area contributed by atoms with Crippen LogP contribution >= 0.6 is 0 Å². The van der Waals surface area contributed by atoms with Crippen LogP contribution in [0.15, 0.2) is 42.5 Å². The first-order valence-electron chi connectivity index (χ1n) is 5.51. The maximum Gasteiger partial charge on any atom is 0.270 e. The number of hydrogen-bond donors (Lipinski definition) is 1. The zero-order valence-corrected chi connectivity index (χ0v) is 9.99. The number of non-ortho nitro benzene ring substituents is 1. The highest BCUT2D eigenvalue weighted by molar-refractivity contribution is 5.46. The Labute approximate surface area is 112 Å². The van der Waals surface area contributed by atoms with Crippen molar-refractivity contribution in [3.05, 3.63) is 58.1 Å². The molecule has 0 radical (unpaired) electrons. The summed E-state index contributed by atoms with van der Waals surface area (Å²) in [6, 6.07) is 8.54. The molecule has 0 saturated carbocycles. The van der Waals surface area contributed by atoms with Gasteiger partial charge in [0.15, 0.2) is 0 Å².